The Morgan fingerprint density at radius 3 is 2.81 bits per heavy atom. The van der Waals surface area contributed by atoms with Crippen molar-refractivity contribution in [3.05, 3.63) is 41.8 Å². The van der Waals surface area contributed by atoms with Crippen LogP contribution in [-0.4, -0.2) is 11.9 Å². The summed E-state index contributed by atoms with van der Waals surface area (Å²) < 4.78 is 0. The molecule has 0 radical (unpaired) electrons. The fourth-order valence-corrected chi connectivity index (χ4v) is 3.71. The average molecular weight is 300 g/mol. The van der Waals surface area contributed by atoms with Crippen LogP contribution >= 0.6 is 11.3 Å². The number of carbonyl (C=O) groups is 1. The van der Waals surface area contributed by atoms with Gasteiger partial charge in [-0.2, -0.15) is 0 Å². The quantitative estimate of drug-likeness (QED) is 0.904. The van der Waals surface area contributed by atoms with Gasteiger partial charge in [-0.3, -0.25) is 4.79 Å². The van der Waals surface area contributed by atoms with E-state index in [1.807, 2.05) is 35.7 Å². The molecule has 2 aromatic rings. The van der Waals surface area contributed by atoms with Gasteiger partial charge in [0.25, 0.3) is 0 Å². The maximum Gasteiger partial charge on any atom is 0.227 e. The molecular formula is C17H20N2OS. The molecule has 0 aliphatic heterocycles. The van der Waals surface area contributed by atoms with Crippen molar-refractivity contribution in [1.29, 1.82) is 0 Å². The molecule has 0 spiro atoms. The second kappa shape index (κ2) is 6.41. The van der Waals surface area contributed by atoms with Gasteiger partial charge in [0, 0.05) is 28.1 Å². The van der Waals surface area contributed by atoms with Gasteiger partial charge in [0.1, 0.15) is 0 Å². The summed E-state index contributed by atoms with van der Waals surface area (Å²) in [5.74, 6) is 0.152. The summed E-state index contributed by atoms with van der Waals surface area (Å²) in [6.45, 7) is 0. The molecule has 1 aromatic carbocycles. The Bertz CT molecular complexity index is 609. The second-order valence-corrected chi connectivity index (χ2v) is 6.58. The van der Waals surface area contributed by atoms with Gasteiger partial charge in [-0.15, -0.1) is 11.3 Å². The Morgan fingerprint density at radius 2 is 2.05 bits per heavy atom. The van der Waals surface area contributed by atoms with Gasteiger partial charge in [0.15, 0.2) is 0 Å². The van der Waals surface area contributed by atoms with Crippen LogP contribution in [-0.2, 0) is 4.79 Å². The lowest BCUT2D eigenvalue weighted by Gasteiger charge is -2.26. The fourth-order valence-electron chi connectivity index (χ4n) is 2.94. The predicted octanol–water partition coefficient (Wildman–Crippen LogP) is 3.87. The summed E-state index contributed by atoms with van der Waals surface area (Å²) in [7, 11) is 0. The highest BCUT2D eigenvalue weighted by molar-refractivity contribution is 7.13. The number of rotatable bonds is 3. The Morgan fingerprint density at radius 1 is 1.19 bits per heavy atom. The van der Waals surface area contributed by atoms with E-state index in [0.717, 1.165) is 36.9 Å². The van der Waals surface area contributed by atoms with Crippen molar-refractivity contribution in [2.24, 2.45) is 11.7 Å². The molecule has 3 N–H and O–H groups in total. The standard InChI is InChI=1S/C17H20N2OS/c18-13-6-3-5-12(11-13)17(20)19-15-8-2-1-7-14(15)16-9-4-10-21-16/h1-2,4,7-10,12-13H,3,5-6,11,18H2,(H,19,20). The third kappa shape index (κ3) is 3.34. The van der Waals surface area contributed by atoms with Crippen molar-refractivity contribution < 1.29 is 4.79 Å². The highest BCUT2D eigenvalue weighted by Crippen LogP contribution is 2.32. The van der Waals surface area contributed by atoms with Gasteiger partial charge in [-0.05, 0) is 36.8 Å². The van der Waals surface area contributed by atoms with E-state index in [0.29, 0.717) is 0 Å². The van der Waals surface area contributed by atoms with E-state index in [-0.39, 0.29) is 17.9 Å². The van der Waals surface area contributed by atoms with Gasteiger partial charge in [0.2, 0.25) is 5.91 Å². The zero-order valence-electron chi connectivity index (χ0n) is 11.9. The summed E-state index contributed by atoms with van der Waals surface area (Å²) in [6, 6.07) is 12.2. The highest BCUT2D eigenvalue weighted by Gasteiger charge is 2.25. The fraction of sp³-hybridized carbons (Fsp3) is 0.353. The first-order valence-electron chi connectivity index (χ1n) is 7.43. The molecule has 3 rings (SSSR count). The molecule has 2 atom stereocenters. The largest absolute Gasteiger partial charge is 0.328 e. The third-order valence-electron chi connectivity index (χ3n) is 4.06. The summed E-state index contributed by atoms with van der Waals surface area (Å²) in [5.41, 5.74) is 7.96. The summed E-state index contributed by atoms with van der Waals surface area (Å²) >= 11 is 1.68. The molecule has 0 saturated heterocycles. The first-order chi connectivity index (χ1) is 10.2. The van der Waals surface area contributed by atoms with Crippen molar-refractivity contribution in [3.63, 3.8) is 0 Å². The number of amides is 1. The van der Waals surface area contributed by atoms with Gasteiger partial charge in [-0.1, -0.05) is 30.7 Å². The highest BCUT2D eigenvalue weighted by atomic mass is 32.1. The van der Waals surface area contributed by atoms with E-state index in [4.69, 9.17) is 5.73 Å². The number of nitrogens with two attached hydrogens (primary N) is 1. The van der Waals surface area contributed by atoms with Crippen molar-refractivity contribution in [2.45, 2.75) is 31.7 Å². The van der Waals surface area contributed by atoms with Crippen molar-refractivity contribution >= 4 is 22.9 Å². The lowest BCUT2D eigenvalue weighted by Crippen LogP contribution is -2.34. The maximum absolute atomic E-state index is 12.5. The molecule has 3 nitrogen and oxygen atoms in total. The van der Waals surface area contributed by atoms with Crippen molar-refractivity contribution in [1.82, 2.24) is 0 Å². The lowest BCUT2D eigenvalue weighted by molar-refractivity contribution is -0.120. The van der Waals surface area contributed by atoms with Crippen LogP contribution in [0.4, 0.5) is 5.69 Å². The van der Waals surface area contributed by atoms with Gasteiger partial charge in [0.05, 0.1) is 0 Å². The van der Waals surface area contributed by atoms with E-state index >= 15 is 0 Å². The van der Waals surface area contributed by atoms with E-state index in [1.165, 1.54) is 4.88 Å². The Hall–Kier alpha value is -1.65. The van der Waals surface area contributed by atoms with Crippen LogP contribution in [0.5, 0.6) is 0 Å². The molecule has 4 heteroatoms. The first-order valence-corrected chi connectivity index (χ1v) is 8.31. The van der Waals surface area contributed by atoms with Crippen LogP contribution in [0.2, 0.25) is 0 Å². The molecule has 1 aliphatic carbocycles. The van der Waals surface area contributed by atoms with E-state index in [9.17, 15) is 4.79 Å². The maximum atomic E-state index is 12.5. The Kier molecular flexibility index (Phi) is 4.36. The molecule has 110 valence electrons. The summed E-state index contributed by atoms with van der Waals surface area (Å²) in [5, 5.41) is 5.15. The van der Waals surface area contributed by atoms with Crippen LogP contribution in [0.15, 0.2) is 41.8 Å². The molecule has 1 amide bonds. The van der Waals surface area contributed by atoms with E-state index < -0.39 is 0 Å². The topological polar surface area (TPSA) is 55.1 Å². The molecule has 2 unspecified atom stereocenters. The van der Waals surface area contributed by atoms with E-state index in [1.54, 1.807) is 11.3 Å². The predicted molar refractivity (Wildman–Crippen MR) is 88.3 cm³/mol. The minimum absolute atomic E-state index is 0.0464. The van der Waals surface area contributed by atoms with Crippen LogP contribution in [0.1, 0.15) is 25.7 Å². The number of anilines is 1. The van der Waals surface area contributed by atoms with Crippen molar-refractivity contribution in [2.75, 3.05) is 5.32 Å². The van der Waals surface area contributed by atoms with Crippen LogP contribution in [0.25, 0.3) is 10.4 Å². The van der Waals surface area contributed by atoms with E-state index in [2.05, 4.69) is 11.4 Å². The molecule has 1 saturated carbocycles. The first kappa shape index (κ1) is 14.3. The number of carbonyl (C=O) groups excluding carboxylic acids is 1. The van der Waals surface area contributed by atoms with Crippen molar-refractivity contribution in [3.8, 4) is 10.4 Å². The number of nitrogens with one attached hydrogen (secondary N) is 1. The summed E-state index contributed by atoms with van der Waals surface area (Å²) in [6.07, 6.45) is 3.83. The number of thiophene rings is 1. The molecule has 1 aromatic heterocycles. The number of para-hydroxylation sites is 1. The molecule has 0 bridgehead atoms. The number of benzene rings is 1. The molecule has 1 fully saturated rings. The smallest absolute Gasteiger partial charge is 0.227 e. The normalized spacial score (nSPS) is 22.0. The molecular weight excluding hydrogens is 280 g/mol. The zero-order chi connectivity index (χ0) is 14.7. The Balaban J connectivity index is 1.77. The van der Waals surface area contributed by atoms with Crippen LogP contribution in [0, 0.1) is 5.92 Å². The average Bonchev–Trinajstić information content (AvgIpc) is 3.02. The van der Waals surface area contributed by atoms with Crippen LogP contribution in [0.3, 0.4) is 0 Å². The minimum atomic E-state index is 0.0464. The molecule has 1 aliphatic rings. The van der Waals surface area contributed by atoms with Crippen LogP contribution < -0.4 is 11.1 Å². The molecule has 21 heavy (non-hydrogen) atoms. The number of hydrogen-bond donors (Lipinski definition) is 2. The Labute approximate surface area is 129 Å². The molecule has 1 heterocycles. The minimum Gasteiger partial charge on any atom is -0.328 e. The zero-order valence-corrected chi connectivity index (χ0v) is 12.7. The van der Waals surface area contributed by atoms with Gasteiger partial charge >= 0.3 is 0 Å². The monoisotopic (exact) mass is 300 g/mol. The lowest BCUT2D eigenvalue weighted by atomic mass is 9.85. The van der Waals surface area contributed by atoms with Gasteiger partial charge < -0.3 is 11.1 Å². The second-order valence-electron chi connectivity index (χ2n) is 5.64. The SMILES string of the molecule is NC1CCCC(C(=O)Nc2ccccc2-c2cccs2)C1. The summed E-state index contributed by atoms with van der Waals surface area (Å²) in [4.78, 5) is 13.6. The van der Waals surface area contributed by atoms with Gasteiger partial charge in [-0.25, -0.2) is 0 Å². The number of hydrogen-bond acceptors (Lipinski definition) is 3. The third-order valence-corrected chi connectivity index (χ3v) is 4.96.